The van der Waals surface area contributed by atoms with Gasteiger partial charge in [-0.05, 0) is 12.6 Å². The summed E-state index contributed by atoms with van der Waals surface area (Å²) in [5.41, 5.74) is 2.31. The first-order valence-electron chi connectivity index (χ1n) is 7.86. The van der Waals surface area contributed by atoms with Crippen molar-refractivity contribution in [1.82, 2.24) is 29.6 Å². The molecule has 1 N–H and O–H groups in total. The molecular weight excluding hydrogens is 302 g/mol. The lowest BCUT2D eigenvalue weighted by molar-refractivity contribution is 0.256. The molecule has 1 aromatic carbocycles. The Morgan fingerprint density at radius 3 is 2.46 bits per heavy atom. The zero-order valence-corrected chi connectivity index (χ0v) is 14.5. The zero-order valence-electron chi connectivity index (χ0n) is 14.5. The lowest BCUT2D eigenvalue weighted by Crippen LogP contribution is -2.27. The van der Waals surface area contributed by atoms with Crippen LogP contribution in [0.4, 0.5) is 5.95 Å². The van der Waals surface area contributed by atoms with E-state index in [4.69, 9.17) is 0 Å². The quantitative estimate of drug-likeness (QED) is 0.749. The molecular formula is C17H23N7. The normalized spacial score (nSPS) is 12.5. The number of hydrogen-bond donors (Lipinski definition) is 1. The zero-order chi connectivity index (χ0) is 17.1. The van der Waals surface area contributed by atoms with Crippen molar-refractivity contribution in [3.63, 3.8) is 0 Å². The molecule has 0 bridgehead atoms. The highest BCUT2D eigenvalue weighted by atomic mass is 15.3. The Labute approximate surface area is 142 Å². The van der Waals surface area contributed by atoms with Gasteiger partial charge in [0.05, 0.1) is 17.9 Å². The van der Waals surface area contributed by atoms with Gasteiger partial charge < -0.3 is 9.47 Å². The predicted octanol–water partition coefficient (Wildman–Crippen LogP) is 1.83. The minimum atomic E-state index is 0.00593. The molecule has 7 heteroatoms. The van der Waals surface area contributed by atoms with Crippen LogP contribution < -0.4 is 4.90 Å². The summed E-state index contributed by atoms with van der Waals surface area (Å²) in [6.45, 7) is 0.748. The molecule has 1 atom stereocenters. The van der Waals surface area contributed by atoms with Crippen molar-refractivity contribution in [3.8, 4) is 0 Å². The number of hydrogen-bond acceptors (Lipinski definition) is 5. The van der Waals surface area contributed by atoms with Gasteiger partial charge in [0.25, 0.3) is 0 Å². The van der Waals surface area contributed by atoms with Gasteiger partial charge in [0.1, 0.15) is 12.2 Å². The first kappa shape index (κ1) is 16.2. The number of rotatable bonds is 6. The van der Waals surface area contributed by atoms with Crippen LogP contribution in [0.5, 0.6) is 0 Å². The number of H-pyrrole nitrogens is 1. The van der Waals surface area contributed by atoms with E-state index in [0.717, 1.165) is 24.0 Å². The monoisotopic (exact) mass is 325 g/mol. The van der Waals surface area contributed by atoms with Crippen LogP contribution in [0.3, 0.4) is 0 Å². The predicted molar refractivity (Wildman–Crippen MR) is 93.7 cm³/mol. The maximum atomic E-state index is 4.49. The van der Waals surface area contributed by atoms with Crippen molar-refractivity contribution in [2.75, 3.05) is 26.0 Å². The van der Waals surface area contributed by atoms with Crippen molar-refractivity contribution in [2.24, 2.45) is 7.05 Å². The van der Waals surface area contributed by atoms with Crippen LogP contribution in [0.2, 0.25) is 0 Å². The lowest BCUT2D eigenvalue weighted by atomic mass is 10.0. The second kappa shape index (κ2) is 6.84. The van der Waals surface area contributed by atoms with Gasteiger partial charge in [-0.15, -0.1) is 0 Å². The number of nitrogens with zero attached hydrogens (tertiary/aromatic N) is 6. The number of aromatic amines is 1. The molecule has 126 valence electrons. The van der Waals surface area contributed by atoms with Crippen molar-refractivity contribution in [2.45, 2.75) is 12.6 Å². The van der Waals surface area contributed by atoms with Crippen LogP contribution in [-0.4, -0.2) is 50.8 Å². The third kappa shape index (κ3) is 3.16. The Hall–Kier alpha value is -2.67. The second-order valence-corrected chi connectivity index (χ2v) is 6.10. The Morgan fingerprint density at radius 2 is 1.88 bits per heavy atom. The van der Waals surface area contributed by atoms with Gasteiger partial charge in [-0.1, -0.05) is 30.3 Å². The van der Waals surface area contributed by atoms with Crippen LogP contribution in [0.25, 0.3) is 0 Å². The Kier molecular flexibility index (Phi) is 4.61. The topological polar surface area (TPSA) is 65.9 Å². The molecule has 0 radical (unpaired) electrons. The van der Waals surface area contributed by atoms with Gasteiger partial charge >= 0.3 is 0 Å². The molecule has 0 aliphatic carbocycles. The summed E-state index contributed by atoms with van der Waals surface area (Å²) in [6.07, 6.45) is 3.47. The summed E-state index contributed by atoms with van der Waals surface area (Å²) in [7, 11) is 8.12. The van der Waals surface area contributed by atoms with Gasteiger partial charge in [0.2, 0.25) is 5.95 Å². The average Bonchev–Trinajstić information content (AvgIpc) is 3.20. The van der Waals surface area contributed by atoms with Crippen LogP contribution >= 0.6 is 0 Å². The summed E-state index contributed by atoms with van der Waals surface area (Å²) in [5, 5.41) is 7.02. The molecule has 7 nitrogen and oxygen atoms in total. The average molecular weight is 325 g/mol. The molecule has 24 heavy (non-hydrogen) atoms. The van der Waals surface area contributed by atoms with Gasteiger partial charge in [0.15, 0.2) is 0 Å². The van der Waals surface area contributed by atoms with E-state index in [0.29, 0.717) is 0 Å². The molecule has 0 aliphatic heterocycles. The second-order valence-electron chi connectivity index (χ2n) is 6.10. The molecule has 0 amide bonds. The fourth-order valence-electron chi connectivity index (χ4n) is 2.95. The Balaban J connectivity index is 1.89. The number of aromatic nitrogens is 5. The van der Waals surface area contributed by atoms with Crippen molar-refractivity contribution < 1.29 is 0 Å². The van der Waals surface area contributed by atoms with Crippen LogP contribution in [0.1, 0.15) is 23.1 Å². The molecule has 2 heterocycles. The lowest BCUT2D eigenvalue weighted by Gasteiger charge is -2.27. The number of anilines is 1. The van der Waals surface area contributed by atoms with Crippen molar-refractivity contribution in [1.29, 1.82) is 0 Å². The van der Waals surface area contributed by atoms with Crippen LogP contribution in [0.15, 0.2) is 42.9 Å². The fourth-order valence-corrected chi connectivity index (χ4v) is 2.95. The highest BCUT2D eigenvalue weighted by Gasteiger charge is 2.23. The van der Waals surface area contributed by atoms with Crippen molar-refractivity contribution in [3.05, 3.63) is 59.9 Å². The van der Waals surface area contributed by atoms with E-state index in [1.807, 2.05) is 50.4 Å². The van der Waals surface area contributed by atoms with Gasteiger partial charge in [-0.2, -0.15) is 5.10 Å². The molecule has 0 saturated carbocycles. The SMILES string of the molecule is CN(C)c1ncc(CN(C)C(c2ccccc2)c2ncn[nH]2)n1C. The van der Waals surface area contributed by atoms with E-state index < -0.39 is 0 Å². The number of imidazole rings is 1. The fraction of sp³-hybridized carbons (Fsp3) is 0.353. The summed E-state index contributed by atoms with van der Waals surface area (Å²) in [5.74, 6) is 1.77. The first-order valence-corrected chi connectivity index (χ1v) is 7.86. The third-order valence-corrected chi connectivity index (χ3v) is 4.12. The molecule has 0 spiro atoms. The van der Waals surface area contributed by atoms with Crippen LogP contribution in [-0.2, 0) is 13.6 Å². The maximum absolute atomic E-state index is 4.49. The smallest absolute Gasteiger partial charge is 0.204 e. The summed E-state index contributed by atoms with van der Waals surface area (Å²) in [4.78, 5) is 13.1. The Bertz CT molecular complexity index is 762. The molecule has 2 aromatic heterocycles. The summed E-state index contributed by atoms with van der Waals surface area (Å²) >= 11 is 0. The Morgan fingerprint density at radius 1 is 1.12 bits per heavy atom. The summed E-state index contributed by atoms with van der Waals surface area (Å²) < 4.78 is 2.11. The van der Waals surface area contributed by atoms with E-state index in [1.165, 1.54) is 5.56 Å². The van der Waals surface area contributed by atoms with E-state index in [1.54, 1.807) is 6.33 Å². The number of nitrogens with one attached hydrogen (secondary N) is 1. The van der Waals surface area contributed by atoms with E-state index in [2.05, 4.69) is 48.8 Å². The van der Waals surface area contributed by atoms with Gasteiger partial charge in [-0.3, -0.25) is 10.00 Å². The van der Waals surface area contributed by atoms with Gasteiger partial charge in [-0.25, -0.2) is 9.97 Å². The van der Waals surface area contributed by atoms with Crippen LogP contribution in [0, 0.1) is 0 Å². The minimum absolute atomic E-state index is 0.00593. The third-order valence-electron chi connectivity index (χ3n) is 4.12. The molecule has 0 saturated heterocycles. The highest BCUT2D eigenvalue weighted by Crippen LogP contribution is 2.26. The maximum Gasteiger partial charge on any atom is 0.204 e. The standard InChI is InChI=1S/C17H23N7/c1-22(2)17-18-10-14(24(17)4)11-23(3)15(16-19-12-20-21-16)13-8-6-5-7-9-13/h5-10,12,15H,11H2,1-4H3,(H,19,20,21). The molecule has 0 fully saturated rings. The summed E-state index contributed by atoms with van der Waals surface area (Å²) in [6, 6.07) is 10.3. The number of benzene rings is 1. The molecule has 3 rings (SSSR count). The van der Waals surface area contributed by atoms with E-state index in [9.17, 15) is 0 Å². The minimum Gasteiger partial charge on any atom is -0.348 e. The molecule has 0 aliphatic rings. The van der Waals surface area contributed by atoms with E-state index in [-0.39, 0.29) is 6.04 Å². The first-order chi connectivity index (χ1) is 11.6. The van der Waals surface area contributed by atoms with Crippen molar-refractivity contribution >= 4 is 5.95 Å². The largest absolute Gasteiger partial charge is 0.348 e. The molecule has 1 unspecified atom stereocenters. The molecule has 3 aromatic rings. The highest BCUT2D eigenvalue weighted by molar-refractivity contribution is 5.31. The van der Waals surface area contributed by atoms with Gasteiger partial charge in [0, 0.05) is 27.7 Å². The van der Waals surface area contributed by atoms with E-state index >= 15 is 0 Å².